The molecule has 0 bridgehead atoms. The molecule has 12 amide bonds. The van der Waals surface area contributed by atoms with E-state index in [1.807, 2.05) is 0 Å². The van der Waals surface area contributed by atoms with E-state index in [-0.39, 0.29) is 38.0 Å². The zero-order valence-corrected chi connectivity index (χ0v) is 44.1. The number of benzene rings is 1. The quantitative estimate of drug-likeness (QED) is 0.0479. The van der Waals surface area contributed by atoms with Crippen LogP contribution in [0.4, 0.5) is 0 Å². The third kappa shape index (κ3) is 23.2. The van der Waals surface area contributed by atoms with Crippen LogP contribution >= 0.6 is 0 Å². The highest BCUT2D eigenvalue weighted by atomic mass is 16.3. The third-order valence-corrected chi connectivity index (χ3v) is 13.6. The van der Waals surface area contributed by atoms with Crippen molar-refractivity contribution in [1.82, 2.24) is 42.1 Å². The number of hydrogen-bond acceptors (Lipinski definition) is 14. The smallest absolute Gasteiger partial charge is 0.245 e. The minimum atomic E-state index is -1.85. The lowest BCUT2D eigenvalue weighted by Crippen LogP contribution is -2.60. The molecule has 9 unspecified atom stereocenters. The number of aliphatic hydroxyl groups excluding tert-OH is 1. The Balaban J connectivity index is 2.09. The normalized spacial score (nSPS) is 24.0. The number of phenolic OH excluding ortho intramolecular Hbond substituents is 1. The van der Waals surface area contributed by atoms with E-state index >= 15 is 0 Å². The second kappa shape index (κ2) is 32.9. The molecule has 1 aromatic carbocycles. The van der Waals surface area contributed by atoms with Crippen molar-refractivity contribution in [3.63, 3.8) is 0 Å². The van der Waals surface area contributed by atoms with Crippen LogP contribution in [-0.4, -0.2) is 147 Å². The Hall–Kier alpha value is -7.38. The lowest BCUT2D eigenvalue weighted by molar-refractivity contribution is -0.143. The molecule has 2 saturated heterocycles. The predicted octanol–water partition coefficient (Wildman–Crippen LogP) is -2.45. The SMILES string of the molecule is CCC(C)CCCCCCCCCCC1CC(=O)NC(CC(N)=O)C(=O)NC(Cc2ccc(O)cc2)C(=O)NC(CC(N)=O)C(=O)NC(CCC(N)=O)C(=O)N2CCCC2C(=O)NC(CO)C(=O)NC(CC(N)=O)C(=O)N1. The molecule has 26 heteroatoms. The maximum atomic E-state index is 14.3. The van der Waals surface area contributed by atoms with Gasteiger partial charge in [-0.25, -0.2) is 0 Å². The van der Waals surface area contributed by atoms with E-state index in [1.54, 1.807) is 0 Å². The summed E-state index contributed by atoms with van der Waals surface area (Å²) in [7, 11) is 0. The van der Waals surface area contributed by atoms with Crippen molar-refractivity contribution >= 4 is 70.9 Å². The lowest BCUT2D eigenvalue weighted by Gasteiger charge is -2.30. The molecule has 0 radical (unpaired) electrons. The van der Waals surface area contributed by atoms with Crippen LogP contribution in [0.15, 0.2) is 24.3 Å². The third-order valence-electron chi connectivity index (χ3n) is 13.6. The number of aliphatic hydroxyl groups is 1. The molecule has 0 saturated carbocycles. The largest absolute Gasteiger partial charge is 0.508 e. The number of nitrogens with zero attached hydrogens (tertiary/aromatic N) is 1. The Morgan fingerprint density at radius 2 is 1.05 bits per heavy atom. The molecule has 1 aromatic rings. The Morgan fingerprint density at radius 3 is 1.58 bits per heavy atom. The number of unbranched alkanes of at least 4 members (excludes halogenated alkanes) is 7. The fourth-order valence-corrected chi connectivity index (χ4v) is 9.06. The number of rotatable bonds is 24. The second-order valence-corrected chi connectivity index (χ2v) is 20.0. The average molecular weight is 1090 g/mol. The summed E-state index contributed by atoms with van der Waals surface area (Å²) in [4.78, 5) is 162. The van der Waals surface area contributed by atoms with Gasteiger partial charge in [-0.1, -0.05) is 90.2 Å². The zero-order chi connectivity index (χ0) is 57.2. The van der Waals surface area contributed by atoms with Gasteiger partial charge >= 0.3 is 0 Å². The zero-order valence-electron chi connectivity index (χ0n) is 44.1. The molecule has 2 aliphatic heterocycles. The van der Waals surface area contributed by atoms with Crippen LogP contribution in [0.2, 0.25) is 0 Å². The number of carbonyl (C=O) groups is 12. The topological polar surface area (TPSA) is 437 Å². The number of phenols is 1. The molecule has 9 atom stereocenters. The van der Waals surface area contributed by atoms with Crippen LogP contribution < -0.4 is 60.2 Å². The fourth-order valence-electron chi connectivity index (χ4n) is 9.06. The minimum Gasteiger partial charge on any atom is -0.508 e. The van der Waals surface area contributed by atoms with Crippen molar-refractivity contribution in [3.8, 4) is 5.75 Å². The minimum absolute atomic E-state index is 0.0167. The van der Waals surface area contributed by atoms with Gasteiger partial charge in [-0.05, 0) is 49.3 Å². The summed E-state index contributed by atoms with van der Waals surface area (Å²) in [6.07, 6.45) is 5.80. The number of nitrogens with one attached hydrogen (secondary N) is 7. The van der Waals surface area contributed by atoms with Crippen LogP contribution in [-0.2, 0) is 64.0 Å². The van der Waals surface area contributed by atoms with E-state index in [0.717, 1.165) is 49.8 Å². The van der Waals surface area contributed by atoms with Gasteiger partial charge in [0.1, 0.15) is 48.0 Å². The molecule has 26 nitrogen and oxygen atoms in total. The highest BCUT2D eigenvalue weighted by molar-refractivity contribution is 6.00. The van der Waals surface area contributed by atoms with Gasteiger partial charge in [0.15, 0.2) is 0 Å². The molecular weight excluding hydrogens is 1000 g/mol. The van der Waals surface area contributed by atoms with Crippen LogP contribution in [0.5, 0.6) is 5.75 Å². The second-order valence-electron chi connectivity index (χ2n) is 20.0. The summed E-state index contributed by atoms with van der Waals surface area (Å²) in [5, 5.41) is 37.3. The van der Waals surface area contributed by atoms with E-state index in [9.17, 15) is 67.7 Å². The highest BCUT2D eigenvalue weighted by Gasteiger charge is 2.41. The Morgan fingerprint density at radius 1 is 0.584 bits per heavy atom. The average Bonchev–Trinajstić information content (AvgIpc) is 3.86. The summed E-state index contributed by atoms with van der Waals surface area (Å²) in [5.74, 6) is -11.9. The van der Waals surface area contributed by atoms with E-state index in [4.69, 9.17) is 22.9 Å². The first kappa shape index (κ1) is 63.9. The maximum absolute atomic E-state index is 14.3. The van der Waals surface area contributed by atoms with E-state index in [1.165, 1.54) is 30.7 Å². The van der Waals surface area contributed by atoms with E-state index < -0.39 is 164 Å². The van der Waals surface area contributed by atoms with Gasteiger partial charge in [-0.2, -0.15) is 0 Å². The fraction of sp³-hybridized carbons (Fsp3) is 0.647. The highest BCUT2D eigenvalue weighted by Crippen LogP contribution is 2.21. The molecule has 77 heavy (non-hydrogen) atoms. The molecule has 2 heterocycles. The molecule has 0 spiro atoms. The van der Waals surface area contributed by atoms with Crippen molar-refractivity contribution < 1.29 is 67.7 Å². The molecule has 428 valence electrons. The van der Waals surface area contributed by atoms with Gasteiger partial charge in [0, 0.05) is 31.8 Å². The number of carbonyl (C=O) groups excluding carboxylic acids is 12. The predicted molar refractivity (Wildman–Crippen MR) is 277 cm³/mol. The van der Waals surface area contributed by atoms with Crippen LogP contribution in [0.3, 0.4) is 0 Å². The Labute approximate surface area is 447 Å². The Kier molecular flexibility index (Phi) is 27.3. The molecule has 2 aliphatic rings. The summed E-state index contributed by atoms with van der Waals surface area (Å²) in [5.41, 5.74) is 22.3. The van der Waals surface area contributed by atoms with Crippen molar-refractivity contribution in [2.45, 2.75) is 191 Å². The van der Waals surface area contributed by atoms with E-state index in [2.05, 4.69) is 51.1 Å². The number of primary amides is 4. The van der Waals surface area contributed by atoms with Gasteiger partial charge in [0.05, 0.1) is 25.9 Å². The molecule has 0 aliphatic carbocycles. The van der Waals surface area contributed by atoms with Crippen LogP contribution in [0.1, 0.15) is 141 Å². The molecule has 0 aromatic heterocycles. The summed E-state index contributed by atoms with van der Waals surface area (Å²) in [6, 6.07) is -7.35. The molecule has 3 rings (SSSR count). The van der Waals surface area contributed by atoms with Crippen LogP contribution in [0, 0.1) is 5.92 Å². The van der Waals surface area contributed by atoms with Crippen LogP contribution in [0.25, 0.3) is 0 Å². The molecular formula is C51H80N12O14. The maximum Gasteiger partial charge on any atom is 0.245 e. The van der Waals surface area contributed by atoms with Gasteiger partial charge in [-0.3, -0.25) is 57.5 Å². The van der Waals surface area contributed by atoms with Gasteiger partial charge in [-0.15, -0.1) is 0 Å². The molecule has 2 fully saturated rings. The number of nitrogens with two attached hydrogens (primary N) is 4. The van der Waals surface area contributed by atoms with Gasteiger partial charge in [0.2, 0.25) is 70.9 Å². The molecule has 17 N–H and O–H groups in total. The van der Waals surface area contributed by atoms with Crippen molar-refractivity contribution in [2.24, 2.45) is 28.9 Å². The summed E-state index contributed by atoms with van der Waals surface area (Å²) >= 11 is 0. The first-order valence-electron chi connectivity index (χ1n) is 26.5. The number of amides is 12. The number of fused-ring (bicyclic) bond motifs is 1. The van der Waals surface area contributed by atoms with Crippen molar-refractivity contribution in [2.75, 3.05) is 13.2 Å². The van der Waals surface area contributed by atoms with Gasteiger partial charge < -0.3 is 75.3 Å². The lowest BCUT2D eigenvalue weighted by atomic mass is 9.99. The monoisotopic (exact) mass is 1080 g/mol. The number of aromatic hydroxyl groups is 1. The standard InChI is InChI=1S/C51H80N12O14/c1-3-29(2)13-10-8-6-4-5-7-9-11-14-31-24-44(70)57-35(25-41(53)67)47(73)59-34(23-30-16-18-32(65)19-17-30)46(72)60-37(27-43(55)69)48(74)58-33(20-21-40(52)66)51(77)63-22-12-15-39(63)50(76)62-38(28-64)49(75)61-36(26-42(54)68)45(71)56-31/h16-19,29,31,33-39,64-65H,3-15,20-28H2,1-2H3,(H2,52,66)(H2,53,67)(H2,54,68)(H2,55,69)(H,56,71)(H,57,70)(H,58,74)(H,59,73)(H,60,72)(H,61,75)(H,62,76). The Bertz CT molecular complexity index is 2230. The first-order valence-corrected chi connectivity index (χ1v) is 26.5. The summed E-state index contributed by atoms with van der Waals surface area (Å²) < 4.78 is 0. The summed E-state index contributed by atoms with van der Waals surface area (Å²) in [6.45, 7) is 3.29. The van der Waals surface area contributed by atoms with Crippen molar-refractivity contribution in [1.29, 1.82) is 0 Å². The first-order chi connectivity index (χ1) is 36.5. The van der Waals surface area contributed by atoms with Crippen molar-refractivity contribution in [3.05, 3.63) is 29.8 Å². The number of hydrogen-bond donors (Lipinski definition) is 13. The van der Waals surface area contributed by atoms with Gasteiger partial charge in [0.25, 0.3) is 0 Å². The van der Waals surface area contributed by atoms with E-state index in [0.29, 0.717) is 24.3 Å².